The Morgan fingerprint density at radius 3 is 2.69 bits per heavy atom. The molecule has 146 valence electrons. The Labute approximate surface area is 177 Å². The monoisotopic (exact) mass is 450 g/mol. The predicted molar refractivity (Wildman–Crippen MR) is 117 cm³/mol. The number of hydrogen-bond acceptors (Lipinski definition) is 3. The number of carbonyl (C=O) groups is 2. The van der Waals surface area contributed by atoms with Crippen LogP contribution in [-0.4, -0.2) is 30.0 Å². The number of nitrogens with zero attached hydrogens (tertiary/aromatic N) is 2. The van der Waals surface area contributed by atoms with Crippen molar-refractivity contribution in [3.63, 3.8) is 0 Å². The van der Waals surface area contributed by atoms with Crippen LogP contribution in [0.15, 0.2) is 65.1 Å². The second-order valence-corrected chi connectivity index (χ2v) is 7.64. The molecule has 7 heteroatoms. The van der Waals surface area contributed by atoms with Crippen LogP contribution in [0.4, 0.5) is 16.2 Å². The molecule has 2 N–H and O–H groups in total. The van der Waals surface area contributed by atoms with Crippen LogP contribution >= 0.6 is 15.9 Å². The first-order chi connectivity index (χ1) is 14.0. The third-order valence-corrected chi connectivity index (χ3v) is 5.22. The molecular weight excluding hydrogens is 432 g/mol. The molecule has 0 radical (unpaired) electrons. The van der Waals surface area contributed by atoms with Gasteiger partial charge in [0.05, 0.1) is 17.0 Å². The molecule has 0 unspecified atom stereocenters. The topological polar surface area (TPSA) is 74.3 Å². The van der Waals surface area contributed by atoms with Crippen LogP contribution in [0.2, 0.25) is 0 Å². The lowest BCUT2D eigenvalue weighted by Gasteiger charge is -2.16. The number of anilines is 2. The van der Waals surface area contributed by atoms with Crippen molar-refractivity contribution in [1.82, 2.24) is 10.3 Å². The van der Waals surface area contributed by atoms with Gasteiger partial charge in [-0.3, -0.25) is 14.7 Å². The molecule has 1 aliphatic rings. The summed E-state index contributed by atoms with van der Waals surface area (Å²) >= 11 is 3.47. The summed E-state index contributed by atoms with van der Waals surface area (Å²) in [7, 11) is 0. The zero-order valence-electron chi connectivity index (χ0n) is 15.8. The first kappa shape index (κ1) is 19.1. The number of hydrogen-bond donors (Lipinski definition) is 2. The number of carbonyl (C=O) groups excluding carboxylic acids is 2. The van der Waals surface area contributed by atoms with Crippen molar-refractivity contribution in [2.24, 2.45) is 0 Å². The van der Waals surface area contributed by atoms with Crippen LogP contribution in [0.1, 0.15) is 16.1 Å². The van der Waals surface area contributed by atoms with Crippen molar-refractivity contribution in [2.45, 2.75) is 6.92 Å². The predicted octanol–water partition coefficient (Wildman–Crippen LogP) is 4.60. The van der Waals surface area contributed by atoms with Crippen molar-refractivity contribution in [3.8, 4) is 11.3 Å². The summed E-state index contributed by atoms with van der Waals surface area (Å²) in [5.41, 5.74) is 4.32. The van der Waals surface area contributed by atoms with E-state index in [9.17, 15) is 9.59 Å². The van der Waals surface area contributed by atoms with Gasteiger partial charge in [0.15, 0.2) is 0 Å². The number of rotatable bonds is 4. The van der Waals surface area contributed by atoms with E-state index in [1.54, 1.807) is 23.1 Å². The van der Waals surface area contributed by atoms with E-state index in [2.05, 4.69) is 31.5 Å². The largest absolute Gasteiger partial charge is 0.336 e. The second-order valence-electron chi connectivity index (χ2n) is 6.73. The summed E-state index contributed by atoms with van der Waals surface area (Å²) < 4.78 is 0.975. The zero-order chi connectivity index (χ0) is 20.4. The second kappa shape index (κ2) is 8.05. The molecule has 2 heterocycles. The molecule has 1 aromatic heterocycles. The number of aryl methyl sites for hydroxylation is 1. The molecule has 0 spiro atoms. The average Bonchev–Trinajstić information content (AvgIpc) is 3.14. The Kier molecular flexibility index (Phi) is 5.31. The maximum atomic E-state index is 12.8. The van der Waals surface area contributed by atoms with Crippen LogP contribution in [0, 0.1) is 6.92 Å². The van der Waals surface area contributed by atoms with E-state index in [1.807, 2.05) is 49.4 Å². The van der Waals surface area contributed by atoms with Crippen molar-refractivity contribution in [3.05, 3.63) is 76.4 Å². The summed E-state index contributed by atoms with van der Waals surface area (Å²) in [6.45, 7) is 3.04. The fraction of sp³-hybridized carbons (Fsp3) is 0.136. The summed E-state index contributed by atoms with van der Waals surface area (Å²) in [5, 5.41) is 5.67. The third kappa shape index (κ3) is 4.14. The van der Waals surface area contributed by atoms with Crippen LogP contribution < -0.4 is 15.5 Å². The minimum atomic E-state index is -0.237. The molecule has 1 saturated heterocycles. The lowest BCUT2D eigenvalue weighted by atomic mass is 10.1. The van der Waals surface area contributed by atoms with Crippen LogP contribution in [0.25, 0.3) is 11.3 Å². The molecule has 1 fully saturated rings. The van der Waals surface area contributed by atoms with Gasteiger partial charge >= 0.3 is 6.03 Å². The molecular formula is C22H19BrN4O2. The van der Waals surface area contributed by atoms with Crippen LogP contribution in [0.3, 0.4) is 0 Å². The number of nitrogens with one attached hydrogen (secondary N) is 2. The summed E-state index contributed by atoms with van der Waals surface area (Å²) in [5.74, 6) is -0.237. The first-order valence-corrected chi connectivity index (χ1v) is 10.0. The van der Waals surface area contributed by atoms with E-state index in [0.29, 0.717) is 30.0 Å². The molecule has 3 aromatic rings. The maximum absolute atomic E-state index is 12.8. The van der Waals surface area contributed by atoms with Crippen molar-refractivity contribution in [2.75, 3.05) is 23.3 Å². The van der Waals surface area contributed by atoms with E-state index >= 15 is 0 Å². The van der Waals surface area contributed by atoms with Gasteiger partial charge in [-0.05, 0) is 49.4 Å². The summed E-state index contributed by atoms with van der Waals surface area (Å²) in [6.07, 6.45) is 0. The molecule has 3 amide bonds. The highest BCUT2D eigenvalue weighted by molar-refractivity contribution is 9.10. The van der Waals surface area contributed by atoms with Crippen molar-refractivity contribution < 1.29 is 9.59 Å². The number of benzene rings is 2. The Morgan fingerprint density at radius 2 is 1.97 bits per heavy atom. The van der Waals surface area contributed by atoms with E-state index in [1.165, 1.54) is 0 Å². The van der Waals surface area contributed by atoms with Gasteiger partial charge in [0.2, 0.25) is 0 Å². The Hall–Kier alpha value is -3.19. The van der Waals surface area contributed by atoms with Gasteiger partial charge in [-0.15, -0.1) is 0 Å². The summed E-state index contributed by atoms with van der Waals surface area (Å²) in [4.78, 5) is 30.9. The van der Waals surface area contributed by atoms with Gasteiger partial charge in [0, 0.05) is 34.5 Å². The van der Waals surface area contributed by atoms with E-state index in [0.717, 1.165) is 21.4 Å². The highest BCUT2D eigenvalue weighted by Gasteiger charge is 2.21. The normalized spacial score (nSPS) is 13.3. The number of aromatic nitrogens is 1. The van der Waals surface area contributed by atoms with Gasteiger partial charge in [-0.1, -0.05) is 34.1 Å². The number of pyridine rings is 1. The van der Waals surface area contributed by atoms with E-state index in [-0.39, 0.29) is 11.9 Å². The fourth-order valence-electron chi connectivity index (χ4n) is 3.28. The standard InChI is InChI=1S/C22H19BrN4O2/c1-14-19(8-9-20(25-14)15-4-2-5-16(23)12-15)21(28)26-17-6-3-7-18(13-17)27-11-10-24-22(27)29/h2-9,12-13H,10-11H2,1H3,(H,24,29)(H,26,28). The minimum absolute atomic E-state index is 0.128. The fourth-order valence-corrected chi connectivity index (χ4v) is 3.68. The quantitative estimate of drug-likeness (QED) is 0.609. The van der Waals surface area contributed by atoms with E-state index < -0.39 is 0 Å². The molecule has 1 aliphatic heterocycles. The lowest BCUT2D eigenvalue weighted by Crippen LogP contribution is -2.27. The molecule has 29 heavy (non-hydrogen) atoms. The SMILES string of the molecule is Cc1nc(-c2cccc(Br)c2)ccc1C(=O)Nc1cccc(N2CCNC2=O)c1. The Morgan fingerprint density at radius 1 is 1.14 bits per heavy atom. The molecule has 0 aliphatic carbocycles. The smallest absolute Gasteiger partial charge is 0.321 e. The molecule has 0 saturated carbocycles. The third-order valence-electron chi connectivity index (χ3n) is 4.72. The van der Waals surface area contributed by atoms with Crippen LogP contribution in [-0.2, 0) is 0 Å². The van der Waals surface area contributed by atoms with E-state index in [4.69, 9.17) is 0 Å². The maximum Gasteiger partial charge on any atom is 0.321 e. The van der Waals surface area contributed by atoms with Gasteiger partial charge in [-0.2, -0.15) is 0 Å². The number of halogens is 1. The molecule has 6 nitrogen and oxygen atoms in total. The van der Waals surface area contributed by atoms with Gasteiger partial charge in [0.25, 0.3) is 5.91 Å². The van der Waals surface area contributed by atoms with Gasteiger partial charge < -0.3 is 10.6 Å². The van der Waals surface area contributed by atoms with Crippen LogP contribution in [0.5, 0.6) is 0 Å². The molecule has 0 atom stereocenters. The average molecular weight is 451 g/mol. The Bertz CT molecular complexity index is 1100. The molecule has 0 bridgehead atoms. The summed E-state index contributed by atoms with van der Waals surface area (Å²) in [6, 6.07) is 18.6. The first-order valence-electron chi connectivity index (χ1n) is 9.21. The minimum Gasteiger partial charge on any atom is -0.336 e. The number of urea groups is 1. The van der Waals surface area contributed by atoms with Crippen molar-refractivity contribution >= 4 is 39.2 Å². The number of amides is 3. The van der Waals surface area contributed by atoms with Gasteiger partial charge in [-0.25, -0.2) is 4.79 Å². The Balaban J connectivity index is 1.54. The highest BCUT2D eigenvalue weighted by Crippen LogP contribution is 2.24. The molecule has 4 rings (SSSR count). The zero-order valence-corrected chi connectivity index (χ0v) is 17.4. The lowest BCUT2D eigenvalue weighted by molar-refractivity contribution is 0.102. The van der Waals surface area contributed by atoms with Gasteiger partial charge in [0.1, 0.15) is 0 Å². The highest BCUT2D eigenvalue weighted by atomic mass is 79.9. The van der Waals surface area contributed by atoms with Crippen molar-refractivity contribution in [1.29, 1.82) is 0 Å². The molecule has 2 aromatic carbocycles.